The fourth-order valence-electron chi connectivity index (χ4n) is 1.62. The number of anilines is 1. The fraction of sp³-hybridized carbons (Fsp3) is 0.200. The van der Waals surface area contributed by atoms with Gasteiger partial charge in [0.2, 0.25) is 0 Å². The quantitative estimate of drug-likeness (QED) is 0.799. The molecule has 5 heteroatoms. The molecule has 0 aliphatic carbocycles. The van der Waals surface area contributed by atoms with E-state index >= 15 is 0 Å². The van der Waals surface area contributed by atoms with Crippen molar-refractivity contribution in [3.8, 4) is 17.2 Å². The number of nitrogens with two attached hydrogens (primary N) is 1. The summed E-state index contributed by atoms with van der Waals surface area (Å²) < 4.78 is 24.7. The first-order valence-corrected chi connectivity index (χ1v) is 7.05. The SMILES string of the molecule is CCCOc1cccc(Oc2ccc(F)c(Br)c2)c1N. The highest BCUT2D eigenvalue weighted by Gasteiger charge is 2.09. The Morgan fingerprint density at radius 2 is 1.95 bits per heavy atom. The molecule has 3 nitrogen and oxygen atoms in total. The van der Waals surface area contributed by atoms with Crippen molar-refractivity contribution < 1.29 is 13.9 Å². The first-order chi connectivity index (χ1) is 9.61. The summed E-state index contributed by atoms with van der Waals surface area (Å²) in [5.41, 5.74) is 6.44. The van der Waals surface area contributed by atoms with Crippen LogP contribution in [0.1, 0.15) is 13.3 Å². The van der Waals surface area contributed by atoms with Crippen LogP contribution in [0.25, 0.3) is 0 Å². The van der Waals surface area contributed by atoms with Gasteiger partial charge in [0.1, 0.15) is 23.0 Å². The molecule has 2 N–H and O–H groups in total. The molecule has 0 fully saturated rings. The summed E-state index contributed by atoms with van der Waals surface area (Å²) in [6.45, 7) is 2.61. The number of nitrogen functional groups attached to an aromatic ring is 1. The van der Waals surface area contributed by atoms with Crippen LogP contribution in [0.3, 0.4) is 0 Å². The minimum atomic E-state index is -0.342. The molecule has 0 radical (unpaired) electrons. The van der Waals surface area contributed by atoms with Crippen molar-refractivity contribution in [2.75, 3.05) is 12.3 Å². The zero-order valence-electron chi connectivity index (χ0n) is 11.0. The van der Waals surface area contributed by atoms with Crippen LogP contribution in [0.2, 0.25) is 0 Å². The Hall–Kier alpha value is -1.75. The number of halogens is 2. The molecule has 0 saturated carbocycles. The molecule has 0 aromatic heterocycles. The molecule has 20 heavy (non-hydrogen) atoms. The standard InChI is InChI=1S/C15H15BrFNO2/c1-2-8-19-13-4-3-5-14(15(13)18)20-10-6-7-12(17)11(16)9-10/h3-7,9H,2,8,18H2,1H3. The molecule has 0 aliphatic rings. The maximum absolute atomic E-state index is 13.2. The number of ether oxygens (including phenoxy) is 2. The van der Waals surface area contributed by atoms with Crippen molar-refractivity contribution in [1.82, 2.24) is 0 Å². The average molecular weight is 340 g/mol. The van der Waals surface area contributed by atoms with Gasteiger partial charge >= 0.3 is 0 Å². The molecule has 2 aromatic rings. The third-order valence-corrected chi connectivity index (χ3v) is 3.21. The summed E-state index contributed by atoms with van der Waals surface area (Å²) >= 11 is 3.12. The Morgan fingerprint density at radius 3 is 2.65 bits per heavy atom. The first-order valence-electron chi connectivity index (χ1n) is 6.26. The van der Waals surface area contributed by atoms with E-state index in [1.807, 2.05) is 6.92 Å². The van der Waals surface area contributed by atoms with Gasteiger partial charge in [-0.05, 0) is 52.7 Å². The zero-order valence-corrected chi connectivity index (χ0v) is 12.6. The summed E-state index contributed by atoms with van der Waals surface area (Å²) in [7, 11) is 0. The molecule has 0 heterocycles. The molecule has 0 aliphatic heterocycles. The van der Waals surface area contributed by atoms with E-state index in [0.717, 1.165) is 6.42 Å². The first kappa shape index (κ1) is 14.7. The monoisotopic (exact) mass is 339 g/mol. The highest BCUT2D eigenvalue weighted by molar-refractivity contribution is 9.10. The number of hydrogen-bond donors (Lipinski definition) is 1. The number of benzene rings is 2. The summed E-state index contributed by atoms with van der Waals surface area (Å²) in [5.74, 6) is 1.23. The van der Waals surface area contributed by atoms with Gasteiger partial charge in [-0.3, -0.25) is 0 Å². The molecular weight excluding hydrogens is 325 g/mol. The van der Waals surface area contributed by atoms with Crippen LogP contribution in [0.15, 0.2) is 40.9 Å². The average Bonchev–Trinajstić information content (AvgIpc) is 2.44. The van der Waals surface area contributed by atoms with Gasteiger partial charge in [0, 0.05) is 0 Å². The highest BCUT2D eigenvalue weighted by Crippen LogP contribution is 2.35. The topological polar surface area (TPSA) is 44.5 Å². The van der Waals surface area contributed by atoms with E-state index < -0.39 is 0 Å². The van der Waals surface area contributed by atoms with Gasteiger partial charge in [-0.25, -0.2) is 4.39 Å². The second-order valence-corrected chi connectivity index (χ2v) is 5.05. The molecule has 0 unspecified atom stereocenters. The Morgan fingerprint density at radius 1 is 1.20 bits per heavy atom. The minimum absolute atomic E-state index is 0.340. The van der Waals surface area contributed by atoms with E-state index in [2.05, 4.69) is 15.9 Å². The van der Waals surface area contributed by atoms with E-state index in [0.29, 0.717) is 34.0 Å². The summed E-state index contributed by atoms with van der Waals surface area (Å²) in [6.07, 6.45) is 0.898. The van der Waals surface area contributed by atoms with Crippen molar-refractivity contribution >= 4 is 21.6 Å². The lowest BCUT2D eigenvalue weighted by Gasteiger charge is -2.13. The summed E-state index contributed by atoms with van der Waals surface area (Å²) in [6, 6.07) is 9.75. The molecule has 0 saturated heterocycles. The van der Waals surface area contributed by atoms with Gasteiger partial charge in [0.05, 0.1) is 11.1 Å². The van der Waals surface area contributed by atoms with Gasteiger partial charge < -0.3 is 15.2 Å². The third kappa shape index (κ3) is 3.42. The van der Waals surface area contributed by atoms with E-state index in [-0.39, 0.29) is 5.82 Å². The van der Waals surface area contributed by atoms with Crippen LogP contribution in [-0.4, -0.2) is 6.61 Å². The molecular formula is C15H15BrFNO2. The number of hydrogen-bond acceptors (Lipinski definition) is 3. The van der Waals surface area contributed by atoms with Gasteiger partial charge in [-0.2, -0.15) is 0 Å². The molecule has 2 rings (SSSR count). The van der Waals surface area contributed by atoms with Crippen molar-refractivity contribution in [2.45, 2.75) is 13.3 Å². The molecule has 0 spiro atoms. The van der Waals surface area contributed by atoms with E-state index in [9.17, 15) is 4.39 Å². The highest BCUT2D eigenvalue weighted by atomic mass is 79.9. The Balaban J connectivity index is 2.22. The van der Waals surface area contributed by atoms with Gasteiger partial charge in [-0.1, -0.05) is 13.0 Å². The largest absolute Gasteiger partial charge is 0.491 e. The molecule has 0 atom stereocenters. The van der Waals surface area contributed by atoms with Gasteiger partial charge in [-0.15, -0.1) is 0 Å². The Bertz CT molecular complexity index is 604. The number of para-hydroxylation sites is 1. The third-order valence-electron chi connectivity index (χ3n) is 2.61. The zero-order chi connectivity index (χ0) is 14.5. The summed E-state index contributed by atoms with van der Waals surface area (Å²) in [4.78, 5) is 0. The number of rotatable bonds is 5. The Labute approximate surface area is 125 Å². The maximum Gasteiger partial charge on any atom is 0.154 e. The molecule has 0 amide bonds. The summed E-state index contributed by atoms with van der Waals surface area (Å²) in [5, 5.41) is 0. The van der Waals surface area contributed by atoms with Crippen LogP contribution >= 0.6 is 15.9 Å². The molecule has 0 bridgehead atoms. The van der Waals surface area contributed by atoms with Crippen LogP contribution in [0.4, 0.5) is 10.1 Å². The minimum Gasteiger partial charge on any atom is -0.491 e. The van der Waals surface area contributed by atoms with Crippen LogP contribution in [0, 0.1) is 5.82 Å². The Kier molecular flexibility index (Phi) is 4.84. The smallest absolute Gasteiger partial charge is 0.154 e. The van der Waals surface area contributed by atoms with Crippen molar-refractivity contribution in [2.24, 2.45) is 0 Å². The van der Waals surface area contributed by atoms with Crippen LogP contribution in [-0.2, 0) is 0 Å². The van der Waals surface area contributed by atoms with Gasteiger partial charge in [0.25, 0.3) is 0 Å². The van der Waals surface area contributed by atoms with E-state index in [1.165, 1.54) is 6.07 Å². The predicted octanol–water partition coefficient (Wildman–Crippen LogP) is 4.75. The molecule has 2 aromatic carbocycles. The van der Waals surface area contributed by atoms with Crippen LogP contribution < -0.4 is 15.2 Å². The van der Waals surface area contributed by atoms with E-state index in [1.54, 1.807) is 30.3 Å². The predicted molar refractivity (Wildman–Crippen MR) is 80.8 cm³/mol. The maximum atomic E-state index is 13.2. The lowest BCUT2D eigenvalue weighted by Crippen LogP contribution is -2.00. The fourth-order valence-corrected chi connectivity index (χ4v) is 1.98. The molecule has 106 valence electrons. The normalized spacial score (nSPS) is 10.3. The van der Waals surface area contributed by atoms with Crippen molar-refractivity contribution in [3.63, 3.8) is 0 Å². The van der Waals surface area contributed by atoms with Crippen molar-refractivity contribution in [1.29, 1.82) is 0 Å². The van der Waals surface area contributed by atoms with Crippen molar-refractivity contribution in [3.05, 3.63) is 46.7 Å². The lowest BCUT2D eigenvalue weighted by molar-refractivity contribution is 0.318. The van der Waals surface area contributed by atoms with Crippen LogP contribution in [0.5, 0.6) is 17.2 Å². The van der Waals surface area contributed by atoms with Gasteiger partial charge in [0.15, 0.2) is 5.75 Å². The second kappa shape index (κ2) is 6.61. The lowest BCUT2D eigenvalue weighted by atomic mass is 10.2. The van der Waals surface area contributed by atoms with E-state index in [4.69, 9.17) is 15.2 Å². The second-order valence-electron chi connectivity index (χ2n) is 4.19.